The molecule has 4 heteroatoms. The van der Waals surface area contributed by atoms with Gasteiger partial charge < -0.3 is 4.90 Å². The summed E-state index contributed by atoms with van der Waals surface area (Å²) < 4.78 is 0. The minimum absolute atomic E-state index is 0.0135. The van der Waals surface area contributed by atoms with Crippen LogP contribution in [0.5, 0.6) is 0 Å². The van der Waals surface area contributed by atoms with Gasteiger partial charge in [0.25, 0.3) is 0 Å². The van der Waals surface area contributed by atoms with E-state index in [1.807, 2.05) is 0 Å². The molecular weight excluding hydrogens is 334 g/mol. The van der Waals surface area contributed by atoms with Crippen molar-refractivity contribution in [2.45, 2.75) is 97.2 Å². The van der Waals surface area contributed by atoms with Gasteiger partial charge in [-0.25, -0.2) is 0 Å². The van der Waals surface area contributed by atoms with E-state index >= 15 is 0 Å². The van der Waals surface area contributed by atoms with Gasteiger partial charge in [0.15, 0.2) is 0 Å². The number of likely N-dealkylation sites (tertiary alicyclic amines) is 3. The standard InChI is InChI=1S/C23H43N3O/c1-21(2,3)25-16-19(17-25)14-22(4,5)24-12-10-18(15-24)13-23(6,7)26-11-8-9-20(26)27/h18-19H,8-17H2,1-7H3. The maximum Gasteiger partial charge on any atom is 0.223 e. The Morgan fingerprint density at radius 3 is 1.96 bits per heavy atom. The maximum absolute atomic E-state index is 12.2. The van der Waals surface area contributed by atoms with Gasteiger partial charge in [-0.3, -0.25) is 14.6 Å². The average molecular weight is 378 g/mol. The first-order chi connectivity index (χ1) is 12.4. The molecule has 3 rings (SSSR count). The molecule has 0 N–H and O–H groups in total. The summed E-state index contributed by atoms with van der Waals surface area (Å²) in [4.78, 5) is 19.7. The molecule has 1 atom stereocenters. The fourth-order valence-electron chi connectivity index (χ4n) is 5.74. The van der Waals surface area contributed by atoms with Gasteiger partial charge in [0.05, 0.1) is 0 Å². The lowest BCUT2D eigenvalue weighted by atomic mass is 9.82. The normalized spacial score (nSPS) is 26.9. The van der Waals surface area contributed by atoms with Crippen molar-refractivity contribution in [3.05, 3.63) is 0 Å². The second kappa shape index (κ2) is 7.33. The SMILES string of the molecule is CC(C)(C)N1CC(CC(C)(C)N2CCC(CC(C)(C)N3CCCC3=O)C2)C1. The van der Waals surface area contributed by atoms with E-state index in [0.29, 0.717) is 11.4 Å². The van der Waals surface area contributed by atoms with E-state index in [9.17, 15) is 4.79 Å². The zero-order chi connectivity index (χ0) is 20.0. The maximum atomic E-state index is 12.2. The van der Waals surface area contributed by atoms with Crippen LogP contribution in [0.1, 0.15) is 80.6 Å². The second-order valence-electron chi connectivity index (χ2n) is 11.7. The Kier molecular flexibility index (Phi) is 5.73. The van der Waals surface area contributed by atoms with E-state index in [2.05, 4.69) is 63.2 Å². The third kappa shape index (κ3) is 4.70. The van der Waals surface area contributed by atoms with E-state index in [4.69, 9.17) is 0 Å². The second-order valence-corrected chi connectivity index (χ2v) is 11.7. The molecule has 0 radical (unpaired) electrons. The largest absolute Gasteiger partial charge is 0.338 e. The summed E-state index contributed by atoms with van der Waals surface area (Å²) in [7, 11) is 0. The van der Waals surface area contributed by atoms with Crippen LogP contribution in [0, 0.1) is 11.8 Å². The van der Waals surface area contributed by atoms with Gasteiger partial charge >= 0.3 is 0 Å². The Labute approximate surface area is 167 Å². The lowest BCUT2D eigenvalue weighted by Gasteiger charge is -2.51. The first-order valence-electron chi connectivity index (χ1n) is 11.2. The van der Waals surface area contributed by atoms with Crippen LogP contribution in [0.3, 0.4) is 0 Å². The minimum atomic E-state index is 0.0135. The Hall–Kier alpha value is -0.610. The molecule has 0 bridgehead atoms. The minimum Gasteiger partial charge on any atom is -0.338 e. The molecule has 4 nitrogen and oxygen atoms in total. The third-order valence-electron chi connectivity index (χ3n) is 7.43. The fraction of sp³-hybridized carbons (Fsp3) is 0.957. The van der Waals surface area contributed by atoms with Gasteiger partial charge in [0, 0.05) is 49.2 Å². The van der Waals surface area contributed by atoms with Crippen LogP contribution in [0.4, 0.5) is 0 Å². The van der Waals surface area contributed by atoms with Crippen molar-refractivity contribution < 1.29 is 4.79 Å². The van der Waals surface area contributed by atoms with Crippen LogP contribution in [-0.4, -0.2) is 69.9 Å². The molecule has 0 saturated carbocycles. The number of carbonyl (C=O) groups excluding carboxylic acids is 1. The van der Waals surface area contributed by atoms with Gasteiger partial charge in [-0.1, -0.05) is 0 Å². The highest BCUT2D eigenvalue weighted by molar-refractivity contribution is 5.78. The van der Waals surface area contributed by atoms with Crippen molar-refractivity contribution in [1.29, 1.82) is 0 Å². The quantitative estimate of drug-likeness (QED) is 0.700. The number of amides is 1. The molecule has 3 aliphatic rings. The Balaban J connectivity index is 1.49. The van der Waals surface area contributed by atoms with Gasteiger partial charge in [0.1, 0.15) is 0 Å². The van der Waals surface area contributed by atoms with Crippen molar-refractivity contribution in [3.63, 3.8) is 0 Å². The topological polar surface area (TPSA) is 26.8 Å². The molecule has 156 valence electrons. The summed E-state index contributed by atoms with van der Waals surface area (Å²) in [5, 5.41) is 0. The zero-order valence-electron chi connectivity index (χ0n) is 19.0. The summed E-state index contributed by atoms with van der Waals surface area (Å²) in [5.41, 5.74) is 0.620. The summed E-state index contributed by atoms with van der Waals surface area (Å²) >= 11 is 0. The Morgan fingerprint density at radius 1 is 0.815 bits per heavy atom. The Morgan fingerprint density at radius 2 is 1.41 bits per heavy atom. The average Bonchev–Trinajstić information content (AvgIpc) is 3.10. The molecule has 0 aromatic heterocycles. The van der Waals surface area contributed by atoms with Gasteiger partial charge in [0.2, 0.25) is 5.91 Å². The number of hydrogen-bond donors (Lipinski definition) is 0. The molecule has 3 saturated heterocycles. The predicted octanol–water partition coefficient (Wildman–Crippen LogP) is 4.00. The number of nitrogens with zero attached hydrogens (tertiary/aromatic N) is 3. The van der Waals surface area contributed by atoms with E-state index in [-0.39, 0.29) is 11.1 Å². The predicted molar refractivity (Wildman–Crippen MR) is 113 cm³/mol. The van der Waals surface area contributed by atoms with Crippen LogP contribution in [-0.2, 0) is 4.79 Å². The summed E-state index contributed by atoms with van der Waals surface area (Å²) in [6.45, 7) is 22.3. The number of rotatable bonds is 6. The van der Waals surface area contributed by atoms with E-state index in [1.54, 1.807) is 0 Å². The fourth-order valence-corrected chi connectivity index (χ4v) is 5.74. The van der Waals surface area contributed by atoms with Crippen LogP contribution >= 0.6 is 0 Å². The van der Waals surface area contributed by atoms with Crippen molar-refractivity contribution in [2.24, 2.45) is 11.8 Å². The van der Waals surface area contributed by atoms with Crippen molar-refractivity contribution in [3.8, 4) is 0 Å². The molecule has 27 heavy (non-hydrogen) atoms. The molecule has 0 spiro atoms. The third-order valence-corrected chi connectivity index (χ3v) is 7.43. The highest BCUT2D eigenvalue weighted by Crippen LogP contribution is 2.38. The smallest absolute Gasteiger partial charge is 0.223 e. The van der Waals surface area contributed by atoms with E-state index in [1.165, 1.54) is 39.0 Å². The van der Waals surface area contributed by atoms with Crippen molar-refractivity contribution in [1.82, 2.24) is 14.7 Å². The van der Waals surface area contributed by atoms with E-state index < -0.39 is 0 Å². The first-order valence-corrected chi connectivity index (χ1v) is 11.2. The van der Waals surface area contributed by atoms with Crippen LogP contribution in [0.2, 0.25) is 0 Å². The van der Waals surface area contributed by atoms with Gasteiger partial charge in [-0.2, -0.15) is 0 Å². The highest BCUT2D eigenvalue weighted by Gasteiger charge is 2.42. The molecule has 0 aliphatic carbocycles. The Bertz CT molecular complexity index is 542. The number of carbonyl (C=O) groups is 1. The molecule has 1 unspecified atom stereocenters. The van der Waals surface area contributed by atoms with Crippen LogP contribution < -0.4 is 0 Å². The first kappa shape index (κ1) is 21.1. The van der Waals surface area contributed by atoms with Crippen molar-refractivity contribution in [2.75, 3.05) is 32.7 Å². The molecule has 3 fully saturated rings. The monoisotopic (exact) mass is 377 g/mol. The molecule has 0 aromatic carbocycles. The summed E-state index contributed by atoms with van der Waals surface area (Å²) in [6, 6.07) is 0. The van der Waals surface area contributed by atoms with E-state index in [0.717, 1.165) is 37.6 Å². The molecule has 1 amide bonds. The lowest BCUT2D eigenvalue weighted by Crippen LogP contribution is -2.58. The molecule has 3 heterocycles. The van der Waals surface area contributed by atoms with Gasteiger partial charge in [-0.15, -0.1) is 0 Å². The van der Waals surface area contributed by atoms with Crippen molar-refractivity contribution >= 4 is 5.91 Å². The van der Waals surface area contributed by atoms with Crippen LogP contribution in [0.25, 0.3) is 0 Å². The lowest BCUT2D eigenvalue weighted by molar-refractivity contribution is -0.132. The highest BCUT2D eigenvalue weighted by atomic mass is 16.2. The van der Waals surface area contributed by atoms with Gasteiger partial charge in [-0.05, 0) is 92.5 Å². The summed E-state index contributed by atoms with van der Waals surface area (Å²) in [5.74, 6) is 1.93. The molecule has 0 aromatic rings. The molecular formula is C23H43N3O. The van der Waals surface area contributed by atoms with Crippen LogP contribution in [0.15, 0.2) is 0 Å². The zero-order valence-corrected chi connectivity index (χ0v) is 19.0. The molecule has 3 aliphatic heterocycles. The number of hydrogen-bond acceptors (Lipinski definition) is 3. The summed E-state index contributed by atoms with van der Waals surface area (Å²) in [6.07, 6.45) is 5.53.